The minimum absolute atomic E-state index is 0.250. The molecule has 0 bridgehead atoms. The molecule has 112 valence electrons. The summed E-state index contributed by atoms with van der Waals surface area (Å²) in [5.41, 5.74) is 16.0. The van der Waals surface area contributed by atoms with Crippen molar-refractivity contribution in [2.45, 2.75) is 13.8 Å². The van der Waals surface area contributed by atoms with E-state index in [9.17, 15) is 0 Å². The van der Waals surface area contributed by atoms with Crippen molar-refractivity contribution in [2.75, 3.05) is 12.5 Å². The van der Waals surface area contributed by atoms with Crippen molar-refractivity contribution < 1.29 is 4.79 Å². The number of amides is 1. The van der Waals surface area contributed by atoms with Gasteiger partial charge < -0.3 is 11.2 Å². The van der Waals surface area contributed by atoms with Gasteiger partial charge in [-0.05, 0) is 42.7 Å². The van der Waals surface area contributed by atoms with Gasteiger partial charge in [-0.3, -0.25) is 4.79 Å². The number of halogens is 1. The number of carbonyl (C=O) groups excluding carboxylic acids is 1. The standard InChI is InChI=1S/C15H17ClN2.CH3NO/c1-10-4-6-12(7-5-10)14-8-13(16)9-15(11(14)2)18-17-3;2-1-3/h4-9,17-18H,1-3H3;1H,(H2,2,3). The van der Waals surface area contributed by atoms with Crippen LogP contribution in [-0.4, -0.2) is 13.5 Å². The Morgan fingerprint density at radius 1 is 1.14 bits per heavy atom. The molecule has 0 fully saturated rings. The number of nitrogens with two attached hydrogens (primary N) is 1. The molecule has 5 heteroatoms. The molecule has 0 atom stereocenters. The Kier molecular flexibility index (Phi) is 6.72. The smallest absolute Gasteiger partial charge is 0.204 e. The molecule has 2 rings (SSSR count). The lowest BCUT2D eigenvalue weighted by atomic mass is 9.98. The number of aryl methyl sites for hydroxylation is 1. The maximum absolute atomic E-state index is 8.58. The molecular weight excluding hydrogens is 286 g/mol. The molecule has 0 aliphatic rings. The number of carbonyl (C=O) groups is 1. The van der Waals surface area contributed by atoms with Gasteiger partial charge in [-0.2, -0.15) is 0 Å². The Balaban J connectivity index is 0.000000677. The van der Waals surface area contributed by atoms with Gasteiger partial charge in [0.05, 0.1) is 5.69 Å². The summed E-state index contributed by atoms with van der Waals surface area (Å²) in [5, 5.41) is 0.730. The quantitative estimate of drug-likeness (QED) is 0.602. The summed E-state index contributed by atoms with van der Waals surface area (Å²) in [5.74, 6) is 0. The van der Waals surface area contributed by atoms with Crippen LogP contribution in [0, 0.1) is 13.8 Å². The number of hydrazine groups is 1. The highest BCUT2D eigenvalue weighted by Gasteiger charge is 2.08. The minimum atomic E-state index is 0.250. The van der Waals surface area contributed by atoms with E-state index in [1.807, 2.05) is 19.2 Å². The second kappa shape index (κ2) is 8.29. The van der Waals surface area contributed by atoms with Gasteiger partial charge in [0, 0.05) is 12.1 Å². The molecular formula is C16H20ClN3O. The fourth-order valence-corrected chi connectivity index (χ4v) is 2.19. The van der Waals surface area contributed by atoms with Gasteiger partial charge in [0.15, 0.2) is 0 Å². The summed E-state index contributed by atoms with van der Waals surface area (Å²) in [7, 11) is 1.84. The molecule has 0 unspecified atom stereocenters. The molecule has 4 nitrogen and oxygen atoms in total. The van der Waals surface area contributed by atoms with Gasteiger partial charge in [0.1, 0.15) is 0 Å². The Hall–Kier alpha value is -2.04. The third-order valence-corrected chi connectivity index (χ3v) is 3.21. The Bertz CT molecular complexity index is 597. The number of benzene rings is 2. The third-order valence-electron chi connectivity index (χ3n) is 2.99. The first-order chi connectivity index (χ1) is 10.0. The van der Waals surface area contributed by atoms with E-state index in [-0.39, 0.29) is 6.41 Å². The molecule has 0 aromatic heterocycles. The average molecular weight is 306 g/mol. The maximum Gasteiger partial charge on any atom is 0.204 e. The van der Waals surface area contributed by atoms with Crippen LogP contribution in [0.25, 0.3) is 11.1 Å². The van der Waals surface area contributed by atoms with Crippen LogP contribution in [0.4, 0.5) is 5.69 Å². The first-order valence-corrected chi connectivity index (χ1v) is 6.86. The predicted octanol–water partition coefficient (Wildman–Crippen LogP) is 3.27. The Morgan fingerprint density at radius 3 is 2.24 bits per heavy atom. The van der Waals surface area contributed by atoms with Crippen molar-refractivity contribution in [1.82, 2.24) is 5.43 Å². The summed E-state index contributed by atoms with van der Waals surface area (Å²) >= 11 is 6.17. The third kappa shape index (κ3) is 4.77. The molecule has 0 heterocycles. The van der Waals surface area contributed by atoms with Crippen LogP contribution in [-0.2, 0) is 4.79 Å². The van der Waals surface area contributed by atoms with Crippen molar-refractivity contribution >= 4 is 23.7 Å². The zero-order chi connectivity index (χ0) is 15.8. The molecule has 4 N–H and O–H groups in total. The Morgan fingerprint density at radius 2 is 1.71 bits per heavy atom. The fourth-order valence-electron chi connectivity index (χ4n) is 1.98. The largest absolute Gasteiger partial charge is 0.372 e. The van der Waals surface area contributed by atoms with E-state index in [0.717, 1.165) is 16.3 Å². The lowest BCUT2D eigenvalue weighted by Crippen LogP contribution is -2.16. The molecule has 2 aromatic carbocycles. The summed E-state index contributed by atoms with van der Waals surface area (Å²) < 4.78 is 0. The van der Waals surface area contributed by atoms with Crippen LogP contribution >= 0.6 is 11.6 Å². The zero-order valence-electron chi connectivity index (χ0n) is 12.4. The van der Waals surface area contributed by atoms with Gasteiger partial charge >= 0.3 is 0 Å². The molecule has 2 aromatic rings. The predicted molar refractivity (Wildman–Crippen MR) is 89.3 cm³/mol. The summed E-state index contributed by atoms with van der Waals surface area (Å²) in [6, 6.07) is 12.4. The zero-order valence-corrected chi connectivity index (χ0v) is 13.2. The number of hydrogen-bond acceptors (Lipinski definition) is 3. The van der Waals surface area contributed by atoms with Crippen molar-refractivity contribution in [1.29, 1.82) is 0 Å². The molecule has 0 saturated carbocycles. The van der Waals surface area contributed by atoms with E-state index in [4.69, 9.17) is 16.4 Å². The highest BCUT2D eigenvalue weighted by molar-refractivity contribution is 6.31. The first kappa shape index (κ1) is 17.0. The lowest BCUT2D eigenvalue weighted by Gasteiger charge is -2.14. The van der Waals surface area contributed by atoms with Crippen LogP contribution in [0.3, 0.4) is 0 Å². The van der Waals surface area contributed by atoms with Gasteiger partial charge in [-0.25, -0.2) is 5.43 Å². The summed E-state index contributed by atoms with van der Waals surface area (Å²) in [6.45, 7) is 4.17. The van der Waals surface area contributed by atoms with Crippen LogP contribution in [0.1, 0.15) is 11.1 Å². The van der Waals surface area contributed by atoms with E-state index in [2.05, 4.69) is 54.7 Å². The number of rotatable bonds is 3. The highest BCUT2D eigenvalue weighted by atomic mass is 35.5. The van der Waals surface area contributed by atoms with Crippen LogP contribution in [0.15, 0.2) is 36.4 Å². The molecule has 0 saturated heterocycles. The molecule has 1 amide bonds. The summed E-state index contributed by atoms with van der Waals surface area (Å²) in [4.78, 5) is 8.58. The average Bonchev–Trinajstić information content (AvgIpc) is 2.45. The fraction of sp³-hybridized carbons (Fsp3) is 0.188. The number of primary amides is 1. The topological polar surface area (TPSA) is 67.2 Å². The van der Waals surface area contributed by atoms with Crippen molar-refractivity contribution in [3.05, 3.63) is 52.5 Å². The number of hydrogen-bond donors (Lipinski definition) is 3. The van der Waals surface area contributed by atoms with Gasteiger partial charge in [0.2, 0.25) is 6.41 Å². The number of anilines is 1. The van der Waals surface area contributed by atoms with Crippen LogP contribution in [0.5, 0.6) is 0 Å². The van der Waals surface area contributed by atoms with Crippen LogP contribution in [0.2, 0.25) is 5.02 Å². The van der Waals surface area contributed by atoms with E-state index in [1.54, 1.807) is 0 Å². The van der Waals surface area contributed by atoms with Crippen LogP contribution < -0.4 is 16.6 Å². The molecule has 0 aliphatic heterocycles. The van der Waals surface area contributed by atoms with Gasteiger partial charge in [0.25, 0.3) is 0 Å². The molecule has 0 aliphatic carbocycles. The molecule has 21 heavy (non-hydrogen) atoms. The first-order valence-electron chi connectivity index (χ1n) is 6.48. The van der Waals surface area contributed by atoms with E-state index in [1.165, 1.54) is 16.7 Å². The lowest BCUT2D eigenvalue weighted by molar-refractivity contribution is -0.106. The SMILES string of the molecule is CNNc1cc(Cl)cc(-c2ccc(C)cc2)c1C.NC=O. The van der Waals surface area contributed by atoms with Crippen molar-refractivity contribution in [3.63, 3.8) is 0 Å². The second-order valence-electron chi connectivity index (χ2n) is 4.50. The molecule has 0 spiro atoms. The monoisotopic (exact) mass is 305 g/mol. The normalized spacial score (nSPS) is 9.52. The maximum atomic E-state index is 8.58. The van der Waals surface area contributed by atoms with E-state index in [0.29, 0.717) is 0 Å². The van der Waals surface area contributed by atoms with E-state index < -0.39 is 0 Å². The molecule has 0 radical (unpaired) electrons. The van der Waals surface area contributed by atoms with Crippen molar-refractivity contribution in [2.24, 2.45) is 5.73 Å². The summed E-state index contributed by atoms with van der Waals surface area (Å²) in [6.07, 6.45) is 0.250. The van der Waals surface area contributed by atoms with Gasteiger partial charge in [-0.1, -0.05) is 41.4 Å². The Labute approximate surface area is 130 Å². The highest BCUT2D eigenvalue weighted by Crippen LogP contribution is 2.32. The minimum Gasteiger partial charge on any atom is -0.372 e. The number of nitrogens with one attached hydrogen (secondary N) is 2. The van der Waals surface area contributed by atoms with Gasteiger partial charge in [-0.15, -0.1) is 0 Å². The van der Waals surface area contributed by atoms with Crippen molar-refractivity contribution in [3.8, 4) is 11.1 Å². The second-order valence-corrected chi connectivity index (χ2v) is 4.94. The van der Waals surface area contributed by atoms with E-state index >= 15 is 0 Å².